The van der Waals surface area contributed by atoms with Crippen molar-refractivity contribution in [3.05, 3.63) is 35.4 Å². The molecule has 1 rings (SSSR count). The zero-order valence-corrected chi connectivity index (χ0v) is 12.5. The molecule has 0 amide bonds. The van der Waals surface area contributed by atoms with Crippen LogP contribution >= 0.6 is 0 Å². The third kappa shape index (κ3) is 4.90. The fourth-order valence-electron chi connectivity index (χ4n) is 2.05. The van der Waals surface area contributed by atoms with E-state index in [9.17, 15) is 26.3 Å². The van der Waals surface area contributed by atoms with Gasteiger partial charge >= 0.3 is 12.4 Å². The molecule has 7 heteroatoms. The van der Waals surface area contributed by atoms with Crippen LogP contribution < -0.4 is 5.32 Å². The maximum absolute atomic E-state index is 13.2. The molecule has 0 spiro atoms. The van der Waals surface area contributed by atoms with E-state index in [2.05, 4.69) is 5.32 Å². The molecule has 0 bridgehead atoms. The molecule has 0 aliphatic rings. The van der Waals surface area contributed by atoms with Crippen molar-refractivity contribution in [2.45, 2.75) is 51.6 Å². The van der Waals surface area contributed by atoms with E-state index in [1.165, 1.54) is 0 Å². The third-order valence-corrected chi connectivity index (χ3v) is 3.80. The number of alkyl halides is 6. The third-order valence-electron chi connectivity index (χ3n) is 3.80. The van der Waals surface area contributed by atoms with Gasteiger partial charge in [0.05, 0.1) is 5.56 Å². The Morgan fingerprint density at radius 3 is 2.09 bits per heavy atom. The van der Waals surface area contributed by atoms with Gasteiger partial charge in [-0.1, -0.05) is 32.4 Å². The van der Waals surface area contributed by atoms with Gasteiger partial charge < -0.3 is 0 Å². The Hall–Kier alpha value is -1.24. The number of hydrogen-bond donors (Lipinski definition) is 1. The van der Waals surface area contributed by atoms with Gasteiger partial charge in [0, 0.05) is 6.04 Å². The molecule has 3 atom stereocenters. The molecule has 0 fully saturated rings. The average Bonchev–Trinajstić information content (AvgIpc) is 2.41. The second kappa shape index (κ2) is 6.89. The van der Waals surface area contributed by atoms with Crippen molar-refractivity contribution in [1.82, 2.24) is 5.32 Å². The summed E-state index contributed by atoms with van der Waals surface area (Å²) in [5.74, 6) is -0.0318. The standard InChI is InChI=1S/C15H19F6N/c1-4-9(2)10(3)22-13(15(19,20)21)11-6-5-7-12(8-11)14(16,17)18/h5-10,13,22H,4H2,1-3H3. The molecule has 3 unspecified atom stereocenters. The summed E-state index contributed by atoms with van der Waals surface area (Å²) in [4.78, 5) is 0. The lowest BCUT2D eigenvalue weighted by Crippen LogP contribution is -2.42. The first-order valence-electron chi connectivity index (χ1n) is 6.96. The molecule has 1 aromatic carbocycles. The minimum Gasteiger partial charge on any atom is -0.300 e. The monoisotopic (exact) mass is 327 g/mol. The lowest BCUT2D eigenvalue weighted by atomic mass is 9.97. The van der Waals surface area contributed by atoms with E-state index >= 15 is 0 Å². The van der Waals surface area contributed by atoms with Crippen LogP contribution in [0.5, 0.6) is 0 Å². The number of nitrogens with one attached hydrogen (secondary N) is 1. The summed E-state index contributed by atoms with van der Waals surface area (Å²) in [5, 5.41) is 2.41. The number of rotatable bonds is 5. The Bertz CT molecular complexity index is 480. The topological polar surface area (TPSA) is 12.0 Å². The van der Waals surface area contributed by atoms with Gasteiger partial charge in [-0.25, -0.2) is 0 Å². The van der Waals surface area contributed by atoms with Crippen molar-refractivity contribution < 1.29 is 26.3 Å². The molecule has 1 N–H and O–H groups in total. The highest BCUT2D eigenvalue weighted by atomic mass is 19.4. The number of hydrogen-bond acceptors (Lipinski definition) is 1. The van der Waals surface area contributed by atoms with E-state index < -0.39 is 35.6 Å². The van der Waals surface area contributed by atoms with E-state index in [0.717, 1.165) is 18.2 Å². The maximum atomic E-state index is 13.2. The second-order valence-electron chi connectivity index (χ2n) is 5.44. The lowest BCUT2D eigenvalue weighted by Gasteiger charge is -2.29. The molecule has 0 aliphatic carbocycles. The van der Waals surface area contributed by atoms with Crippen molar-refractivity contribution in [2.24, 2.45) is 5.92 Å². The van der Waals surface area contributed by atoms with Gasteiger partial charge in [-0.15, -0.1) is 0 Å². The molecule has 0 aliphatic heterocycles. The first-order chi connectivity index (χ1) is 9.96. The number of halogens is 6. The summed E-state index contributed by atoms with van der Waals surface area (Å²) in [6.45, 7) is 5.23. The van der Waals surface area contributed by atoms with Crippen LogP contribution in [0.4, 0.5) is 26.3 Å². The molecule has 0 heterocycles. The van der Waals surface area contributed by atoms with Crippen molar-refractivity contribution in [3.8, 4) is 0 Å². The van der Waals surface area contributed by atoms with Crippen LogP contribution in [0.25, 0.3) is 0 Å². The largest absolute Gasteiger partial charge is 0.416 e. The van der Waals surface area contributed by atoms with Crippen LogP contribution in [0.15, 0.2) is 24.3 Å². The van der Waals surface area contributed by atoms with Crippen molar-refractivity contribution in [2.75, 3.05) is 0 Å². The van der Waals surface area contributed by atoms with Crippen LogP contribution in [-0.4, -0.2) is 12.2 Å². The van der Waals surface area contributed by atoms with Gasteiger partial charge in [-0.2, -0.15) is 26.3 Å². The van der Waals surface area contributed by atoms with Crippen molar-refractivity contribution >= 4 is 0 Å². The first-order valence-corrected chi connectivity index (χ1v) is 6.96. The van der Waals surface area contributed by atoms with Crippen LogP contribution in [0, 0.1) is 5.92 Å². The molecule has 1 aromatic rings. The Morgan fingerprint density at radius 2 is 1.64 bits per heavy atom. The molecule has 0 radical (unpaired) electrons. The maximum Gasteiger partial charge on any atom is 0.416 e. The predicted octanol–water partition coefficient (Wildman–Crippen LogP) is 5.33. The average molecular weight is 327 g/mol. The van der Waals surface area contributed by atoms with E-state index in [1.807, 2.05) is 6.92 Å². The summed E-state index contributed by atoms with van der Waals surface area (Å²) in [7, 11) is 0. The normalized spacial score (nSPS) is 17.1. The molecule has 0 aromatic heterocycles. The highest BCUT2D eigenvalue weighted by Crippen LogP contribution is 2.36. The predicted molar refractivity (Wildman–Crippen MR) is 72.3 cm³/mol. The van der Waals surface area contributed by atoms with Crippen LogP contribution in [-0.2, 0) is 6.18 Å². The quantitative estimate of drug-likeness (QED) is 0.721. The summed E-state index contributed by atoms with van der Waals surface area (Å²) < 4.78 is 77.7. The summed E-state index contributed by atoms with van der Waals surface area (Å²) >= 11 is 0. The first kappa shape index (κ1) is 18.8. The molecular formula is C15H19F6N. The highest BCUT2D eigenvalue weighted by molar-refractivity contribution is 5.29. The molecule has 126 valence electrons. The molecule has 22 heavy (non-hydrogen) atoms. The van der Waals surface area contributed by atoms with Gasteiger partial charge in [-0.3, -0.25) is 5.32 Å². The van der Waals surface area contributed by atoms with Gasteiger partial charge in [0.1, 0.15) is 6.04 Å². The minimum absolute atomic E-state index is 0.0318. The van der Waals surface area contributed by atoms with Crippen LogP contribution in [0.1, 0.15) is 44.4 Å². The summed E-state index contributed by atoms with van der Waals surface area (Å²) in [6, 6.07) is 0.754. The van der Waals surface area contributed by atoms with E-state index in [-0.39, 0.29) is 5.92 Å². The Labute approximate surface area is 125 Å². The second-order valence-corrected chi connectivity index (χ2v) is 5.44. The van der Waals surface area contributed by atoms with Crippen molar-refractivity contribution in [3.63, 3.8) is 0 Å². The van der Waals surface area contributed by atoms with Crippen LogP contribution in [0.2, 0.25) is 0 Å². The molecule has 1 nitrogen and oxygen atoms in total. The summed E-state index contributed by atoms with van der Waals surface area (Å²) in [6.07, 6.45) is -8.68. The van der Waals surface area contributed by atoms with Gasteiger partial charge in [0.25, 0.3) is 0 Å². The smallest absolute Gasteiger partial charge is 0.300 e. The zero-order valence-electron chi connectivity index (χ0n) is 12.5. The van der Waals surface area contributed by atoms with Gasteiger partial charge in [-0.05, 0) is 30.5 Å². The van der Waals surface area contributed by atoms with E-state index in [4.69, 9.17) is 0 Å². The van der Waals surface area contributed by atoms with E-state index in [0.29, 0.717) is 12.5 Å². The number of benzene rings is 1. The van der Waals surface area contributed by atoms with Gasteiger partial charge in [0.15, 0.2) is 0 Å². The molecule has 0 saturated heterocycles. The van der Waals surface area contributed by atoms with Crippen LogP contribution in [0.3, 0.4) is 0 Å². The summed E-state index contributed by atoms with van der Waals surface area (Å²) in [5.41, 5.74) is -1.52. The Kier molecular flexibility index (Phi) is 5.89. The molecule has 0 saturated carbocycles. The van der Waals surface area contributed by atoms with Gasteiger partial charge in [0.2, 0.25) is 0 Å². The molecular weight excluding hydrogens is 308 g/mol. The Morgan fingerprint density at radius 1 is 1.05 bits per heavy atom. The minimum atomic E-state index is -4.67. The fourth-order valence-corrected chi connectivity index (χ4v) is 2.05. The fraction of sp³-hybridized carbons (Fsp3) is 0.600. The highest BCUT2D eigenvalue weighted by Gasteiger charge is 2.42. The van der Waals surface area contributed by atoms with Crippen molar-refractivity contribution in [1.29, 1.82) is 0 Å². The Balaban J connectivity index is 3.13. The zero-order chi connectivity index (χ0) is 17.1. The van der Waals surface area contributed by atoms with E-state index in [1.54, 1.807) is 13.8 Å². The lowest BCUT2D eigenvalue weighted by molar-refractivity contribution is -0.160. The SMILES string of the molecule is CCC(C)C(C)NC(c1cccc(C(F)(F)F)c1)C(F)(F)F.